The summed E-state index contributed by atoms with van der Waals surface area (Å²) in [5, 5.41) is 6.44. The maximum atomic E-state index is 13.5. The number of hydrogen-bond donors (Lipinski definition) is 1. The van der Waals surface area contributed by atoms with Crippen molar-refractivity contribution in [2.45, 2.75) is 62.4 Å². The number of carbonyl (C=O) groups is 3. The van der Waals surface area contributed by atoms with E-state index in [1.807, 2.05) is 97.1 Å². The van der Waals surface area contributed by atoms with Crippen molar-refractivity contribution in [3.05, 3.63) is 142 Å². The second-order valence-electron chi connectivity index (χ2n) is 12.9. The normalized spacial score (nSPS) is 23.4. The van der Waals surface area contributed by atoms with E-state index in [-0.39, 0.29) is 25.7 Å². The minimum atomic E-state index is -1.38. The Hall–Kier alpha value is -5.76. The number of benzene rings is 4. The lowest BCUT2D eigenvalue weighted by molar-refractivity contribution is -0.342. The number of nitrogens with one attached hydrogen (secondary N) is 1. The minimum Gasteiger partial charge on any atom is -0.459 e. The van der Waals surface area contributed by atoms with Crippen LogP contribution in [0.4, 0.5) is 4.79 Å². The summed E-state index contributed by atoms with van der Waals surface area (Å²) in [6, 6.07) is 31.4. The van der Waals surface area contributed by atoms with Crippen LogP contribution in [0.2, 0.25) is 0 Å². The third kappa shape index (κ3) is 8.23. The summed E-state index contributed by atoms with van der Waals surface area (Å²) in [4.78, 5) is 42.1. The van der Waals surface area contributed by atoms with Crippen molar-refractivity contribution in [3.63, 3.8) is 0 Å². The Kier molecular flexibility index (Phi) is 11.5. The van der Waals surface area contributed by atoms with Crippen LogP contribution in [0, 0.1) is 0 Å². The second kappa shape index (κ2) is 16.9. The summed E-state index contributed by atoms with van der Waals surface area (Å²) in [6.07, 6.45) is -5.88. The maximum Gasteiger partial charge on any atom is 0.407 e. The molecule has 0 spiro atoms. The van der Waals surface area contributed by atoms with Crippen molar-refractivity contribution >= 4 is 18.0 Å². The number of carbonyl (C=O) groups excluding carboxylic acids is 3. The van der Waals surface area contributed by atoms with Crippen molar-refractivity contribution in [1.29, 1.82) is 0 Å². The quantitative estimate of drug-likeness (QED) is 0.0588. The summed E-state index contributed by atoms with van der Waals surface area (Å²) in [5.74, 6) is -1.67. The third-order valence-electron chi connectivity index (χ3n) is 9.44. The van der Waals surface area contributed by atoms with Crippen LogP contribution >= 0.6 is 0 Å². The number of ether oxygens (including phenoxy) is 7. The Morgan fingerprint density at radius 3 is 2.19 bits per heavy atom. The van der Waals surface area contributed by atoms with Gasteiger partial charge in [-0.15, -0.1) is 0 Å². The molecule has 0 saturated carbocycles. The highest BCUT2D eigenvalue weighted by molar-refractivity contribution is 5.82. The molecule has 1 aliphatic carbocycles. The van der Waals surface area contributed by atoms with Gasteiger partial charge in [-0.25, -0.2) is 9.59 Å². The van der Waals surface area contributed by atoms with E-state index in [4.69, 9.17) is 33.2 Å². The smallest absolute Gasteiger partial charge is 0.407 e. The van der Waals surface area contributed by atoms with Gasteiger partial charge in [-0.1, -0.05) is 114 Å². The van der Waals surface area contributed by atoms with E-state index in [9.17, 15) is 19.9 Å². The van der Waals surface area contributed by atoms with Gasteiger partial charge in [-0.3, -0.25) is 4.79 Å². The highest BCUT2D eigenvalue weighted by Crippen LogP contribution is 2.44. The molecular weight excluding hydrogens is 696 g/mol. The van der Waals surface area contributed by atoms with Crippen LogP contribution in [0.5, 0.6) is 0 Å². The summed E-state index contributed by atoms with van der Waals surface area (Å²) < 4.78 is 41.3. The molecule has 7 atom stereocenters. The monoisotopic (exact) mass is 734 g/mol. The van der Waals surface area contributed by atoms with E-state index in [2.05, 4.69) is 15.3 Å². The Labute approximate surface area is 310 Å². The molecule has 0 unspecified atom stereocenters. The topological polar surface area (TPSA) is 177 Å². The van der Waals surface area contributed by atoms with Gasteiger partial charge in [0, 0.05) is 23.3 Å². The van der Waals surface area contributed by atoms with Gasteiger partial charge in [0.2, 0.25) is 0 Å². The molecule has 1 amide bonds. The average molecular weight is 735 g/mol. The molecule has 0 bridgehead atoms. The average Bonchev–Trinajstić information content (AvgIpc) is 3.52. The first-order chi connectivity index (χ1) is 26.4. The molecule has 2 heterocycles. The first-order valence-corrected chi connectivity index (χ1v) is 17.5. The summed E-state index contributed by atoms with van der Waals surface area (Å²) in [6.45, 7) is 0.691. The van der Waals surface area contributed by atoms with Gasteiger partial charge in [0.15, 0.2) is 18.6 Å². The van der Waals surface area contributed by atoms with E-state index in [1.165, 1.54) is 6.92 Å². The fourth-order valence-electron chi connectivity index (χ4n) is 6.96. The standard InChI is InChI=1S/C40H38N4O10/c1-24(45)52-36-34(43-44-41)39(53-33-23-50-38(54-35(33)36)26-14-6-3-7-15-26)49-22-32(37(46)48-20-25-12-4-2-5-13-25)42-40(47)51-21-31-29-18-10-8-16-27(29)28-17-9-11-19-30(28)31/h2-19,31-36,38-39H,20-23H2,1H3,(H,42,47)/t32-,33+,34+,35-,36+,38-,39-/m0/s1. The predicted molar refractivity (Wildman–Crippen MR) is 191 cm³/mol. The number of nitrogens with zero attached hydrogens (tertiary/aromatic N) is 3. The Bertz CT molecular complexity index is 1950. The van der Waals surface area contributed by atoms with Gasteiger partial charge in [-0.2, -0.15) is 0 Å². The van der Waals surface area contributed by atoms with Crippen molar-refractivity contribution in [2.24, 2.45) is 5.11 Å². The lowest BCUT2D eigenvalue weighted by Crippen LogP contribution is -2.63. The number of hydrogen-bond acceptors (Lipinski definition) is 11. The molecule has 1 N–H and O–H groups in total. The van der Waals surface area contributed by atoms with Gasteiger partial charge in [0.05, 0.1) is 13.2 Å². The Morgan fingerprint density at radius 1 is 0.870 bits per heavy atom. The first-order valence-electron chi connectivity index (χ1n) is 17.5. The van der Waals surface area contributed by atoms with E-state index in [0.717, 1.165) is 33.4 Å². The highest BCUT2D eigenvalue weighted by atomic mass is 16.8. The molecule has 54 heavy (non-hydrogen) atoms. The van der Waals surface area contributed by atoms with Crippen LogP contribution in [0.15, 0.2) is 114 Å². The summed E-state index contributed by atoms with van der Waals surface area (Å²) in [7, 11) is 0. The molecule has 4 aromatic rings. The molecule has 3 aliphatic rings. The van der Waals surface area contributed by atoms with Crippen LogP contribution in [0.3, 0.4) is 0 Å². The third-order valence-corrected chi connectivity index (χ3v) is 9.44. The van der Waals surface area contributed by atoms with Crippen LogP contribution in [-0.4, -0.2) is 74.5 Å². The van der Waals surface area contributed by atoms with Gasteiger partial charge in [0.1, 0.15) is 37.6 Å². The van der Waals surface area contributed by atoms with E-state index in [0.29, 0.717) is 0 Å². The Balaban J connectivity index is 1.06. The number of amides is 1. The number of alkyl carbamates (subject to hydrolysis) is 1. The van der Waals surface area contributed by atoms with Crippen molar-refractivity contribution < 1.29 is 47.5 Å². The van der Waals surface area contributed by atoms with Gasteiger partial charge in [0.25, 0.3) is 0 Å². The molecule has 0 aromatic heterocycles. The van der Waals surface area contributed by atoms with Crippen molar-refractivity contribution in [3.8, 4) is 11.1 Å². The summed E-state index contributed by atoms with van der Waals surface area (Å²) in [5.41, 5.74) is 15.2. The van der Waals surface area contributed by atoms with Gasteiger partial charge >= 0.3 is 18.0 Å². The molecule has 4 aromatic carbocycles. The Morgan fingerprint density at radius 2 is 1.52 bits per heavy atom. The highest BCUT2D eigenvalue weighted by Gasteiger charge is 2.52. The van der Waals surface area contributed by atoms with Gasteiger partial charge < -0.3 is 38.5 Å². The molecule has 278 valence electrons. The zero-order valence-electron chi connectivity index (χ0n) is 29.3. The zero-order valence-corrected chi connectivity index (χ0v) is 29.3. The van der Waals surface area contributed by atoms with Crippen LogP contribution < -0.4 is 5.32 Å². The van der Waals surface area contributed by atoms with Crippen molar-refractivity contribution in [1.82, 2.24) is 5.32 Å². The molecule has 2 saturated heterocycles. The molecular formula is C40H38N4O10. The fraction of sp³-hybridized carbons (Fsp3) is 0.325. The number of rotatable bonds is 12. The lowest BCUT2D eigenvalue weighted by atomic mass is 9.96. The maximum absolute atomic E-state index is 13.5. The van der Waals surface area contributed by atoms with E-state index < -0.39 is 67.6 Å². The fourth-order valence-corrected chi connectivity index (χ4v) is 6.96. The van der Waals surface area contributed by atoms with Gasteiger partial charge in [-0.05, 0) is 33.3 Å². The van der Waals surface area contributed by atoms with Crippen LogP contribution in [0.1, 0.15) is 41.4 Å². The first kappa shape index (κ1) is 36.6. The molecule has 2 fully saturated rings. The molecule has 14 nitrogen and oxygen atoms in total. The second-order valence-corrected chi connectivity index (χ2v) is 12.9. The van der Waals surface area contributed by atoms with Crippen LogP contribution in [-0.2, 0) is 49.4 Å². The zero-order chi connectivity index (χ0) is 37.4. The SMILES string of the molecule is CC(=O)O[C@@H]1[C@@H](N=[N+]=[N-])[C@@H](OC[C@H](NC(=O)OCC2c3ccccc3-c3ccccc32)C(=O)OCc2ccccc2)O[C@@H]2CO[C@H](c3ccccc3)O[C@H]12. The lowest BCUT2D eigenvalue weighted by Gasteiger charge is -2.47. The van der Waals surface area contributed by atoms with Crippen LogP contribution in [0.25, 0.3) is 21.6 Å². The van der Waals surface area contributed by atoms with E-state index in [1.54, 1.807) is 12.1 Å². The minimum absolute atomic E-state index is 0.00824. The molecule has 0 radical (unpaired) electrons. The molecule has 14 heteroatoms. The molecule has 7 rings (SSSR count). The molecule has 2 aliphatic heterocycles. The number of esters is 2. The predicted octanol–water partition coefficient (Wildman–Crippen LogP) is 6.10. The van der Waals surface area contributed by atoms with Crippen molar-refractivity contribution in [2.75, 3.05) is 19.8 Å². The largest absolute Gasteiger partial charge is 0.459 e. The summed E-state index contributed by atoms with van der Waals surface area (Å²) >= 11 is 0. The number of azide groups is 1. The number of fused-ring (bicyclic) bond motifs is 4. The van der Waals surface area contributed by atoms with E-state index >= 15 is 0 Å².